The first-order valence-electron chi connectivity index (χ1n) is 9.23. The molecule has 4 nitrogen and oxygen atoms in total. The molecule has 1 aliphatic carbocycles. The zero-order chi connectivity index (χ0) is 20.0. The molecule has 1 fully saturated rings. The molecule has 0 radical (unpaired) electrons. The minimum atomic E-state index is -4.41. The van der Waals surface area contributed by atoms with Gasteiger partial charge in [-0.15, -0.1) is 0 Å². The number of pyridine rings is 1. The summed E-state index contributed by atoms with van der Waals surface area (Å²) in [7, 11) is 0. The Balaban J connectivity index is 1.45. The summed E-state index contributed by atoms with van der Waals surface area (Å²) < 4.78 is 37.6. The number of hydrogen-bond donors (Lipinski definition) is 2. The lowest BCUT2D eigenvalue weighted by molar-refractivity contribution is -0.137. The third-order valence-corrected chi connectivity index (χ3v) is 5.50. The van der Waals surface area contributed by atoms with Crippen molar-refractivity contribution < 1.29 is 18.0 Å². The minimum Gasteiger partial charge on any atom is -0.382 e. The molecule has 28 heavy (non-hydrogen) atoms. The summed E-state index contributed by atoms with van der Waals surface area (Å²) in [5, 5.41) is 6.67. The highest BCUT2D eigenvalue weighted by Crippen LogP contribution is 2.29. The number of nitrogens with one attached hydrogen (secondary N) is 2. The lowest BCUT2D eigenvalue weighted by atomic mass is 9.95. The average molecular weight is 409 g/mol. The summed E-state index contributed by atoms with van der Waals surface area (Å²) in [6.45, 7) is 0. The van der Waals surface area contributed by atoms with Gasteiger partial charge in [0.25, 0.3) is 0 Å². The van der Waals surface area contributed by atoms with Crippen molar-refractivity contribution in [3.05, 3.63) is 48.2 Å². The fraction of sp³-hybridized carbons (Fsp3) is 0.400. The van der Waals surface area contributed by atoms with Crippen LogP contribution in [0.15, 0.2) is 47.6 Å². The van der Waals surface area contributed by atoms with Crippen LogP contribution in [0.4, 0.5) is 24.5 Å². The number of aromatic nitrogens is 1. The first-order chi connectivity index (χ1) is 13.4. The Kier molecular flexibility index (Phi) is 6.83. The second-order valence-electron chi connectivity index (χ2n) is 6.78. The van der Waals surface area contributed by atoms with Crippen LogP contribution in [0.2, 0.25) is 0 Å². The molecule has 0 bridgehead atoms. The molecule has 3 rings (SSSR count). The highest BCUT2D eigenvalue weighted by molar-refractivity contribution is 7.99. The molecule has 8 heteroatoms. The van der Waals surface area contributed by atoms with Gasteiger partial charge in [0.05, 0.1) is 16.3 Å². The van der Waals surface area contributed by atoms with E-state index in [-0.39, 0.29) is 11.7 Å². The molecule has 1 aromatic heterocycles. The summed E-state index contributed by atoms with van der Waals surface area (Å²) in [6, 6.07) is 10.3. The van der Waals surface area contributed by atoms with E-state index in [9.17, 15) is 18.0 Å². The van der Waals surface area contributed by atoms with E-state index in [1.165, 1.54) is 38.2 Å². The molecule has 1 heterocycles. The van der Waals surface area contributed by atoms with Crippen LogP contribution in [-0.2, 0) is 11.0 Å². The van der Waals surface area contributed by atoms with Crippen molar-refractivity contribution >= 4 is 29.0 Å². The van der Waals surface area contributed by atoms with Gasteiger partial charge in [0.2, 0.25) is 5.91 Å². The lowest BCUT2D eigenvalue weighted by Crippen LogP contribution is -2.22. The number of anilines is 2. The summed E-state index contributed by atoms with van der Waals surface area (Å²) >= 11 is 1.09. The Hall–Kier alpha value is -2.22. The molecule has 0 saturated heterocycles. The van der Waals surface area contributed by atoms with Gasteiger partial charge in [0.15, 0.2) is 0 Å². The van der Waals surface area contributed by atoms with Crippen molar-refractivity contribution in [2.75, 3.05) is 16.4 Å². The van der Waals surface area contributed by atoms with E-state index in [1.807, 2.05) is 24.3 Å². The van der Waals surface area contributed by atoms with Crippen molar-refractivity contribution in [1.29, 1.82) is 0 Å². The highest BCUT2D eigenvalue weighted by Gasteiger charge is 2.30. The zero-order valence-corrected chi connectivity index (χ0v) is 16.1. The lowest BCUT2D eigenvalue weighted by Gasteiger charge is -2.23. The Labute approximate surface area is 166 Å². The molecule has 1 aromatic carbocycles. The van der Waals surface area contributed by atoms with E-state index in [0.29, 0.717) is 16.8 Å². The normalized spacial score (nSPS) is 15.2. The summed E-state index contributed by atoms with van der Waals surface area (Å²) in [5.74, 6) is -0.167. The molecule has 1 amide bonds. The molecule has 0 aliphatic heterocycles. The molecule has 2 N–H and O–H groups in total. The number of nitrogens with zero attached hydrogens (tertiary/aromatic N) is 1. The fourth-order valence-corrected chi connectivity index (χ4v) is 3.74. The van der Waals surface area contributed by atoms with Gasteiger partial charge in [-0.25, -0.2) is 4.98 Å². The molecule has 2 aromatic rings. The number of carbonyl (C=O) groups excluding carboxylic acids is 1. The van der Waals surface area contributed by atoms with Crippen LogP contribution in [0, 0.1) is 0 Å². The molecule has 150 valence electrons. The largest absolute Gasteiger partial charge is 0.417 e. The van der Waals surface area contributed by atoms with Crippen molar-refractivity contribution in [1.82, 2.24) is 4.98 Å². The third kappa shape index (κ3) is 6.15. The SMILES string of the molecule is O=C(CSc1ccc(C(F)(F)F)cn1)Nc1ccc(NC2CCCCC2)cc1. The van der Waals surface area contributed by atoms with E-state index < -0.39 is 11.7 Å². The maximum absolute atomic E-state index is 12.5. The predicted octanol–water partition coefficient (Wildman–Crippen LogP) is 5.58. The molecular formula is C20H22F3N3OS. The van der Waals surface area contributed by atoms with Gasteiger partial charge in [-0.3, -0.25) is 4.79 Å². The van der Waals surface area contributed by atoms with Gasteiger partial charge in [-0.2, -0.15) is 13.2 Å². The molecule has 1 saturated carbocycles. The minimum absolute atomic E-state index is 0.0699. The van der Waals surface area contributed by atoms with Crippen LogP contribution in [0.3, 0.4) is 0 Å². The van der Waals surface area contributed by atoms with Gasteiger partial charge in [-0.1, -0.05) is 31.0 Å². The quantitative estimate of drug-likeness (QED) is 0.612. The number of hydrogen-bond acceptors (Lipinski definition) is 4. The van der Waals surface area contributed by atoms with Crippen molar-refractivity contribution in [2.24, 2.45) is 0 Å². The molecule has 0 atom stereocenters. The van der Waals surface area contributed by atoms with Gasteiger partial charge < -0.3 is 10.6 Å². The van der Waals surface area contributed by atoms with Crippen LogP contribution in [0.1, 0.15) is 37.7 Å². The van der Waals surface area contributed by atoms with Crippen LogP contribution < -0.4 is 10.6 Å². The van der Waals surface area contributed by atoms with E-state index in [2.05, 4.69) is 15.6 Å². The number of halogens is 3. The topological polar surface area (TPSA) is 54.0 Å². The second-order valence-corrected chi connectivity index (χ2v) is 7.77. The molecular weight excluding hydrogens is 387 g/mol. The average Bonchev–Trinajstić information content (AvgIpc) is 2.68. The van der Waals surface area contributed by atoms with Crippen LogP contribution in [-0.4, -0.2) is 22.7 Å². The fourth-order valence-electron chi connectivity index (χ4n) is 3.10. The van der Waals surface area contributed by atoms with Crippen molar-refractivity contribution in [3.8, 4) is 0 Å². The Morgan fingerprint density at radius 1 is 1.04 bits per heavy atom. The standard InChI is InChI=1S/C20H22F3N3OS/c21-20(22,23)14-6-11-19(24-12-14)28-13-18(27)26-17-9-7-16(8-10-17)25-15-4-2-1-3-5-15/h6-12,15,25H,1-5,13H2,(H,26,27). The summed E-state index contributed by atoms with van der Waals surface area (Å²) in [6.07, 6.45) is 2.57. The third-order valence-electron chi connectivity index (χ3n) is 4.56. The number of thioether (sulfide) groups is 1. The van der Waals surface area contributed by atoms with E-state index in [4.69, 9.17) is 0 Å². The van der Waals surface area contributed by atoms with Gasteiger partial charge in [0.1, 0.15) is 0 Å². The Morgan fingerprint density at radius 3 is 2.32 bits per heavy atom. The molecule has 0 unspecified atom stereocenters. The van der Waals surface area contributed by atoms with Crippen molar-refractivity contribution in [3.63, 3.8) is 0 Å². The molecule has 1 aliphatic rings. The maximum atomic E-state index is 12.5. The van der Waals surface area contributed by atoms with Gasteiger partial charge in [-0.05, 0) is 49.2 Å². The first kappa shape index (κ1) is 20.5. The summed E-state index contributed by atoms with van der Waals surface area (Å²) in [5.41, 5.74) is 0.914. The Morgan fingerprint density at radius 2 is 1.71 bits per heavy atom. The van der Waals surface area contributed by atoms with E-state index >= 15 is 0 Å². The van der Waals surface area contributed by atoms with E-state index in [1.54, 1.807) is 0 Å². The second kappa shape index (κ2) is 9.32. The van der Waals surface area contributed by atoms with Crippen LogP contribution in [0.5, 0.6) is 0 Å². The smallest absolute Gasteiger partial charge is 0.382 e. The Bertz CT molecular complexity index is 773. The number of carbonyl (C=O) groups is 1. The number of benzene rings is 1. The first-order valence-corrected chi connectivity index (χ1v) is 10.2. The zero-order valence-electron chi connectivity index (χ0n) is 15.3. The van der Waals surface area contributed by atoms with Gasteiger partial charge in [0, 0.05) is 23.6 Å². The van der Waals surface area contributed by atoms with Crippen LogP contribution >= 0.6 is 11.8 Å². The summed E-state index contributed by atoms with van der Waals surface area (Å²) in [4.78, 5) is 15.8. The predicted molar refractivity (Wildman–Crippen MR) is 106 cm³/mol. The van der Waals surface area contributed by atoms with Gasteiger partial charge >= 0.3 is 6.18 Å². The highest BCUT2D eigenvalue weighted by atomic mass is 32.2. The van der Waals surface area contributed by atoms with Crippen LogP contribution in [0.25, 0.3) is 0 Å². The number of amides is 1. The maximum Gasteiger partial charge on any atom is 0.417 e. The monoisotopic (exact) mass is 409 g/mol. The number of rotatable bonds is 6. The molecule has 0 spiro atoms. The van der Waals surface area contributed by atoms with E-state index in [0.717, 1.165) is 29.7 Å². The van der Waals surface area contributed by atoms with Crippen molar-refractivity contribution in [2.45, 2.75) is 49.3 Å². The number of alkyl halides is 3.